The first-order valence-corrected chi connectivity index (χ1v) is 7.54. The van der Waals surface area contributed by atoms with Crippen LogP contribution in [-0.4, -0.2) is 39.7 Å². The monoisotopic (exact) mass is 278 g/mol. The highest BCUT2D eigenvalue weighted by Gasteiger charge is 2.24. The Morgan fingerprint density at radius 3 is 2.50 bits per heavy atom. The fraction of sp³-hybridized carbons (Fsp3) is 0.733. The molecule has 0 aliphatic carbocycles. The van der Waals surface area contributed by atoms with Gasteiger partial charge in [0.1, 0.15) is 0 Å². The van der Waals surface area contributed by atoms with Crippen molar-refractivity contribution in [2.24, 2.45) is 7.05 Å². The van der Waals surface area contributed by atoms with Crippen LogP contribution in [0, 0.1) is 6.92 Å². The Balaban J connectivity index is 1.94. The molecule has 1 aromatic heterocycles. The van der Waals surface area contributed by atoms with Crippen LogP contribution in [0.4, 0.5) is 0 Å². The van der Waals surface area contributed by atoms with E-state index in [0.29, 0.717) is 0 Å². The third kappa shape index (κ3) is 3.39. The van der Waals surface area contributed by atoms with E-state index in [2.05, 4.69) is 17.3 Å². The molecule has 1 saturated heterocycles. The van der Waals surface area contributed by atoms with Gasteiger partial charge in [0.25, 0.3) is 0 Å². The van der Waals surface area contributed by atoms with Gasteiger partial charge in [0.2, 0.25) is 5.91 Å². The Hall–Kier alpha value is -1.36. The molecule has 2 atom stereocenters. The molecule has 1 aliphatic heterocycles. The molecule has 0 saturated carbocycles. The normalized spacial score (nSPS) is 18.9. The van der Waals surface area contributed by atoms with E-state index in [1.807, 2.05) is 36.7 Å². The van der Waals surface area contributed by atoms with Gasteiger partial charge in [-0.3, -0.25) is 14.8 Å². The highest BCUT2D eigenvalue weighted by Crippen LogP contribution is 2.17. The van der Waals surface area contributed by atoms with Crippen molar-refractivity contribution < 1.29 is 4.79 Å². The molecule has 0 bridgehead atoms. The van der Waals surface area contributed by atoms with Gasteiger partial charge in [-0.2, -0.15) is 5.10 Å². The number of piperidine rings is 1. The summed E-state index contributed by atoms with van der Waals surface area (Å²) >= 11 is 0. The molecule has 112 valence electrons. The number of carbonyl (C=O) groups is 1. The van der Waals surface area contributed by atoms with Crippen LogP contribution in [0.25, 0.3) is 0 Å². The van der Waals surface area contributed by atoms with Gasteiger partial charge in [0.15, 0.2) is 0 Å². The topological polar surface area (TPSA) is 50.2 Å². The zero-order chi connectivity index (χ0) is 14.7. The zero-order valence-electron chi connectivity index (χ0n) is 13.0. The molecule has 1 N–H and O–H groups in total. The van der Waals surface area contributed by atoms with Gasteiger partial charge in [-0.1, -0.05) is 0 Å². The predicted octanol–water partition coefficient (Wildman–Crippen LogP) is 1.78. The fourth-order valence-electron chi connectivity index (χ4n) is 2.97. The Labute approximate surface area is 121 Å². The van der Waals surface area contributed by atoms with Crippen molar-refractivity contribution in [2.45, 2.75) is 52.1 Å². The number of aromatic nitrogens is 2. The number of carbonyl (C=O) groups excluding carboxylic acids is 1. The first kappa shape index (κ1) is 15.0. The lowest BCUT2D eigenvalue weighted by Crippen LogP contribution is -2.47. The molecule has 1 aromatic rings. The maximum absolute atomic E-state index is 12.4. The molecular weight excluding hydrogens is 252 g/mol. The lowest BCUT2D eigenvalue weighted by molar-refractivity contribution is -0.134. The van der Waals surface area contributed by atoms with Crippen molar-refractivity contribution in [3.05, 3.63) is 17.5 Å². The van der Waals surface area contributed by atoms with Gasteiger partial charge in [0, 0.05) is 37.9 Å². The van der Waals surface area contributed by atoms with Gasteiger partial charge in [0.05, 0.1) is 11.7 Å². The van der Waals surface area contributed by atoms with E-state index in [1.54, 1.807) is 0 Å². The summed E-state index contributed by atoms with van der Waals surface area (Å²) in [7, 11) is 1.92. The summed E-state index contributed by atoms with van der Waals surface area (Å²) in [5.41, 5.74) is 2.18. The van der Waals surface area contributed by atoms with Gasteiger partial charge in [-0.25, -0.2) is 0 Å². The minimum absolute atomic E-state index is 0.132. The largest absolute Gasteiger partial charge is 0.341 e. The molecule has 1 amide bonds. The molecule has 5 heteroatoms. The van der Waals surface area contributed by atoms with E-state index in [4.69, 9.17) is 0 Å². The van der Waals surface area contributed by atoms with Crippen LogP contribution >= 0.6 is 0 Å². The summed E-state index contributed by atoms with van der Waals surface area (Å²) < 4.78 is 1.82. The number of rotatable bonds is 4. The second-order valence-electron chi connectivity index (χ2n) is 5.84. The van der Waals surface area contributed by atoms with E-state index < -0.39 is 0 Å². The third-order valence-electron chi connectivity index (χ3n) is 4.06. The van der Waals surface area contributed by atoms with Crippen molar-refractivity contribution in [3.8, 4) is 0 Å². The van der Waals surface area contributed by atoms with Gasteiger partial charge < -0.3 is 4.90 Å². The first-order valence-electron chi connectivity index (χ1n) is 7.54. The molecule has 20 heavy (non-hydrogen) atoms. The molecular formula is C15H26N4O. The Morgan fingerprint density at radius 1 is 1.30 bits per heavy atom. The highest BCUT2D eigenvalue weighted by molar-refractivity contribution is 5.81. The number of likely N-dealkylation sites (tertiary alicyclic amines) is 1. The molecule has 1 aliphatic rings. The number of hydrogen-bond donors (Lipinski definition) is 1. The maximum atomic E-state index is 12.4. The second kappa shape index (κ2) is 6.39. The van der Waals surface area contributed by atoms with Crippen LogP contribution in [0.2, 0.25) is 0 Å². The predicted molar refractivity (Wildman–Crippen MR) is 79.4 cm³/mol. The van der Waals surface area contributed by atoms with Crippen molar-refractivity contribution >= 4 is 5.91 Å². The molecule has 2 unspecified atom stereocenters. The Morgan fingerprint density at radius 2 is 1.95 bits per heavy atom. The summed E-state index contributed by atoms with van der Waals surface area (Å²) in [6.45, 7) is 7.87. The van der Waals surface area contributed by atoms with E-state index in [1.165, 1.54) is 6.42 Å². The molecule has 2 rings (SSSR count). The van der Waals surface area contributed by atoms with Crippen molar-refractivity contribution in [1.82, 2.24) is 20.0 Å². The Bertz CT molecular complexity index is 462. The summed E-state index contributed by atoms with van der Waals surface area (Å²) in [4.78, 5) is 14.4. The molecule has 0 radical (unpaired) electrons. The van der Waals surface area contributed by atoms with Crippen LogP contribution in [-0.2, 0) is 11.8 Å². The van der Waals surface area contributed by atoms with Gasteiger partial charge in [-0.05, 0) is 40.0 Å². The van der Waals surface area contributed by atoms with Crippen molar-refractivity contribution in [2.75, 3.05) is 13.1 Å². The van der Waals surface area contributed by atoms with Crippen molar-refractivity contribution in [1.29, 1.82) is 0 Å². The second-order valence-corrected chi connectivity index (χ2v) is 5.84. The van der Waals surface area contributed by atoms with E-state index >= 15 is 0 Å². The molecule has 5 nitrogen and oxygen atoms in total. The number of aryl methyl sites for hydroxylation is 2. The van der Waals surface area contributed by atoms with Gasteiger partial charge in [-0.15, -0.1) is 0 Å². The molecule has 1 fully saturated rings. The van der Waals surface area contributed by atoms with E-state index in [0.717, 1.165) is 37.2 Å². The van der Waals surface area contributed by atoms with E-state index in [9.17, 15) is 4.79 Å². The standard InChI is InChI=1S/C15H26N4O/c1-11(14-10-18(4)17-12(14)2)16-13(3)15(20)19-8-6-5-7-9-19/h10-11,13,16H,5-9H2,1-4H3. The molecule has 0 spiro atoms. The summed E-state index contributed by atoms with van der Waals surface area (Å²) in [5.74, 6) is 0.220. The summed E-state index contributed by atoms with van der Waals surface area (Å²) in [6.07, 6.45) is 5.54. The minimum atomic E-state index is -0.150. The average molecular weight is 278 g/mol. The van der Waals surface area contributed by atoms with Crippen LogP contribution in [0.5, 0.6) is 0 Å². The lowest BCUT2D eigenvalue weighted by atomic mass is 10.1. The molecule has 0 aromatic carbocycles. The fourth-order valence-corrected chi connectivity index (χ4v) is 2.97. The summed E-state index contributed by atoms with van der Waals surface area (Å²) in [6, 6.07) is -0.0184. The number of nitrogens with one attached hydrogen (secondary N) is 1. The quantitative estimate of drug-likeness (QED) is 0.913. The third-order valence-corrected chi connectivity index (χ3v) is 4.06. The maximum Gasteiger partial charge on any atom is 0.239 e. The van der Waals surface area contributed by atoms with Gasteiger partial charge >= 0.3 is 0 Å². The van der Waals surface area contributed by atoms with Crippen LogP contribution in [0.3, 0.4) is 0 Å². The van der Waals surface area contributed by atoms with Crippen LogP contribution in [0.15, 0.2) is 6.20 Å². The number of nitrogens with zero attached hydrogens (tertiary/aromatic N) is 3. The summed E-state index contributed by atoms with van der Waals surface area (Å²) in [5, 5.41) is 7.76. The van der Waals surface area contributed by atoms with Crippen molar-refractivity contribution in [3.63, 3.8) is 0 Å². The molecule has 2 heterocycles. The first-order chi connectivity index (χ1) is 9.49. The van der Waals surface area contributed by atoms with Crippen LogP contribution < -0.4 is 5.32 Å². The minimum Gasteiger partial charge on any atom is -0.341 e. The SMILES string of the molecule is Cc1nn(C)cc1C(C)NC(C)C(=O)N1CCCCC1. The highest BCUT2D eigenvalue weighted by atomic mass is 16.2. The zero-order valence-corrected chi connectivity index (χ0v) is 13.0. The van der Waals surface area contributed by atoms with E-state index in [-0.39, 0.29) is 18.0 Å². The van der Waals surface area contributed by atoms with Crippen LogP contribution in [0.1, 0.15) is 50.4 Å². The Kier molecular flexibility index (Phi) is 4.81. The smallest absolute Gasteiger partial charge is 0.239 e. The number of amides is 1. The lowest BCUT2D eigenvalue weighted by Gasteiger charge is -2.30. The number of hydrogen-bond acceptors (Lipinski definition) is 3. The average Bonchev–Trinajstić information content (AvgIpc) is 2.78.